The third kappa shape index (κ3) is 2.03. The highest BCUT2D eigenvalue weighted by Crippen LogP contribution is 2.37. The standard InChI is InChI=1S/C16H18N2O3S/c1-11-15(14-5-4-10-22-14)18(20)16(2,17(11)19)12-6-8-13(21-3)9-7-12/h4-11,19H,1-3H3/t11-,16+/m1/s1. The molecule has 0 bridgehead atoms. The van der Waals surface area contributed by atoms with Crippen molar-refractivity contribution in [2.24, 2.45) is 0 Å². The van der Waals surface area contributed by atoms with Gasteiger partial charge in [0.05, 0.1) is 12.0 Å². The molecule has 0 saturated heterocycles. The van der Waals surface area contributed by atoms with Crippen LogP contribution in [-0.4, -0.2) is 33.9 Å². The summed E-state index contributed by atoms with van der Waals surface area (Å²) < 4.78 is 6.06. The van der Waals surface area contributed by atoms with Gasteiger partial charge < -0.3 is 15.2 Å². The molecule has 0 saturated carbocycles. The first kappa shape index (κ1) is 15.0. The summed E-state index contributed by atoms with van der Waals surface area (Å²) in [7, 11) is 1.59. The Morgan fingerprint density at radius 1 is 1.32 bits per heavy atom. The molecule has 0 radical (unpaired) electrons. The Morgan fingerprint density at radius 3 is 2.55 bits per heavy atom. The maximum atomic E-state index is 13.0. The van der Waals surface area contributed by atoms with Crippen LogP contribution in [-0.2, 0) is 5.66 Å². The molecule has 2 atom stereocenters. The first-order valence-corrected chi connectivity index (χ1v) is 7.89. The number of rotatable bonds is 3. The van der Waals surface area contributed by atoms with Crippen molar-refractivity contribution in [1.29, 1.82) is 0 Å². The van der Waals surface area contributed by atoms with Gasteiger partial charge in [0.15, 0.2) is 0 Å². The van der Waals surface area contributed by atoms with Crippen molar-refractivity contribution < 1.29 is 14.7 Å². The van der Waals surface area contributed by atoms with E-state index in [1.807, 2.05) is 24.4 Å². The molecule has 1 aliphatic heterocycles. The molecule has 0 spiro atoms. The summed E-state index contributed by atoms with van der Waals surface area (Å²) >= 11 is 1.50. The van der Waals surface area contributed by atoms with Gasteiger partial charge in [-0.15, -0.1) is 16.4 Å². The van der Waals surface area contributed by atoms with Crippen LogP contribution in [0.25, 0.3) is 0 Å². The van der Waals surface area contributed by atoms with Crippen LogP contribution in [0.4, 0.5) is 0 Å². The lowest BCUT2D eigenvalue weighted by molar-refractivity contribution is -0.595. The van der Waals surface area contributed by atoms with Crippen LogP contribution in [0.3, 0.4) is 0 Å². The van der Waals surface area contributed by atoms with Crippen molar-refractivity contribution in [3.63, 3.8) is 0 Å². The van der Waals surface area contributed by atoms with Gasteiger partial charge in [-0.25, -0.2) is 0 Å². The molecular weight excluding hydrogens is 300 g/mol. The highest BCUT2D eigenvalue weighted by Gasteiger charge is 2.54. The molecule has 0 unspecified atom stereocenters. The topological polar surface area (TPSA) is 58.8 Å². The third-order valence-corrected chi connectivity index (χ3v) is 5.13. The summed E-state index contributed by atoms with van der Waals surface area (Å²) in [5, 5.41) is 26.6. The molecule has 2 heterocycles. The number of methoxy groups -OCH3 is 1. The van der Waals surface area contributed by atoms with Gasteiger partial charge in [0.2, 0.25) is 5.71 Å². The van der Waals surface area contributed by atoms with Crippen molar-refractivity contribution in [2.45, 2.75) is 25.6 Å². The minimum absolute atomic E-state index is 0.386. The van der Waals surface area contributed by atoms with E-state index in [2.05, 4.69) is 0 Å². The molecule has 0 amide bonds. The molecule has 22 heavy (non-hydrogen) atoms. The average molecular weight is 318 g/mol. The summed E-state index contributed by atoms with van der Waals surface area (Å²) in [5.41, 5.74) is 0.130. The summed E-state index contributed by atoms with van der Waals surface area (Å²) in [5.74, 6) is 0.711. The second-order valence-electron chi connectivity index (χ2n) is 5.43. The van der Waals surface area contributed by atoms with Crippen LogP contribution in [0.2, 0.25) is 0 Å². The molecule has 3 rings (SSSR count). The van der Waals surface area contributed by atoms with E-state index in [4.69, 9.17) is 4.74 Å². The first-order valence-electron chi connectivity index (χ1n) is 7.01. The van der Waals surface area contributed by atoms with Gasteiger partial charge in [-0.2, -0.15) is 4.74 Å². The van der Waals surface area contributed by atoms with Gasteiger partial charge in [-0.3, -0.25) is 0 Å². The molecule has 2 aromatic rings. The average Bonchev–Trinajstić information content (AvgIpc) is 3.12. The van der Waals surface area contributed by atoms with Crippen LogP contribution in [0.5, 0.6) is 5.75 Å². The van der Waals surface area contributed by atoms with Crippen molar-refractivity contribution in [2.75, 3.05) is 7.11 Å². The van der Waals surface area contributed by atoms with E-state index in [9.17, 15) is 10.4 Å². The van der Waals surface area contributed by atoms with Gasteiger partial charge >= 0.3 is 0 Å². The lowest BCUT2D eigenvalue weighted by Gasteiger charge is -2.29. The highest BCUT2D eigenvalue weighted by atomic mass is 32.1. The zero-order valence-corrected chi connectivity index (χ0v) is 13.5. The zero-order chi connectivity index (χ0) is 15.9. The van der Waals surface area contributed by atoms with E-state index >= 15 is 0 Å². The predicted octanol–water partition coefficient (Wildman–Crippen LogP) is 3.02. The van der Waals surface area contributed by atoms with Crippen LogP contribution in [0, 0.1) is 5.21 Å². The van der Waals surface area contributed by atoms with E-state index in [0.717, 1.165) is 14.7 Å². The largest absolute Gasteiger partial charge is 0.622 e. The Morgan fingerprint density at radius 2 is 2.00 bits per heavy atom. The minimum Gasteiger partial charge on any atom is -0.622 e. The monoisotopic (exact) mass is 318 g/mol. The Balaban J connectivity index is 2.11. The van der Waals surface area contributed by atoms with Gasteiger partial charge in [0, 0.05) is 12.5 Å². The summed E-state index contributed by atoms with van der Waals surface area (Å²) in [6, 6.07) is 10.6. The molecule has 1 aromatic carbocycles. The number of thiophene rings is 1. The fourth-order valence-corrected chi connectivity index (χ4v) is 3.71. The van der Waals surface area contributed by atoms with Crippen LogP contribution in [0.1, 0.15) is 24.3 Å². The molecule has 0 aliphatic carbocycles. The maximum absolute atomic E-state index is 13.0. The Hall–Kier alpha value is -1.89. The summed E-state index contributed by atoms with van der Waals surface area (Å²) in [6.45, 7) is 3.55. The van der Waals surface area contributed by atoms with E-state index in [1.54, 1.807) is 38.3 Å². The van der Waals surface area contributed by atoms with Crippen LogP contribution in [0.15, 0.2) is 41.8 Å². The van der Waals surface area contributed by atoms with Crippen molar-refractivity contribution in [3.8, 4) is 5.75 Å². The molecule has 116 valence electrons. The summed E-state index contributed by atoms with van der Waals surface area (Å²) in [4.78, 5) is 0.874. The van der Waals surface area contributed by atoms with E-state index in [-0.39, 0.29) is 6.04 Å². The van der Waals surface area contributed by atoms with Crippen LogP contribution >= 0.6 is 11.3 Å². The SMILES string of the molecule is COc1ccc([C@@]2(C)N(O)[C@H](C)C(c3cccs3)=[N+]2[O-])cc1. The Kier molecular flexibility index (Phi) is 3.68. The number of nitrogens with zero attached hydrogens (tertiary/aromatic N) is 2. The molecule has 5 nitrogen and oxygen atoms in total. The molecule has 1 aromatic heterocycles. The van der Waals surface area contributed by atoms with Crippen molar-refractivity contribution in [3.05, 3.63) is 57.4 Å². The molecule has 6 heteroatoms. The number of hydrogen-bond donors (Lipinski definition) is 1. The van der Waals surface area contributed by atoms with Crippen LogP contribution < -0.4 is 4.74 Å². The maximum Gasteiger partial charge on any atom is 0.274 e. The van der Waals surface area contributed by atoms with Crippen molar-refractivity contribution in [1.82, 2.24) is 5.06 Å². The lowest BCUT2D eigenvalue weighted by atomic mass is 10.0. The smallest absolute Gasteiger partial charge is 0.274 e. The van der Waals surface area contributed by atoms with Gasteiger partial charge in [-0.1, -0.05) is 6.07 Å². The summed E-state index contributed by atoms with van der Waals surface area (Å²) in [6.07, 6.45) is 0. The molecule has 1 aliphatic rings. The number of hydrogen-bond acceptors (Lipinski definition) is 5. The predicted molar refractivity (Wildman–Crippen MR) is 85.5 cm³/mol. The highest BCUT2D eigenvalue weighted by molar-refractivity contribution is 7.12. The number of hydroxylamine groups is 3. The zero-order valence-electron chi connectivity index (χ0n) is 12.7. The second-order valence-corrected chi connectivity index (χ2v) is 6.37. The normalized spacial score (nSPS) is 25.7. The lowest BCUT2D eigenvalue weighted by Crippen LogP contribution is -2.45. The second kappa shape index (κ2) is 5.39. The number of benzene rings is 1. The molecular formula is C16H18N2O3S. The van der Waals surface area contributed by atoms with Crippen molar-refractivity contribution >= 4 is 17.0 Å². The fraction of sp³-hybridized carbons (Fsp3) is 0.312. The molecule has 1 N–H and O–H groups in total. The third-order valence-electron chi connectivity index (χ3n) is 4.23. The van der Waals surface area contributed by atoms with E-state index in [1.165, 1.54) is 11.3 Å². The number of ether oxygens (including phenoxy) is 1. The first-order chi connectivity index (χ1) is 10.5. The fourth-order valence-electron chi connectivity index (χ4n) is 2.88. The van der Waals surface area contributed by atoms with E-state index < -0.39 is 5.66 Å². The van der Waals surface area contributed by atoms with Gasteiger partial charge in [-0.05, 0) is 42.6 Å². The quantitative estimate of drug-likeness (QED) is 0.698. The minimum atomic E-state index is -1.16. The molecule has 0 fully saturated rings. The Labute approximate surface area is 133 Å². The Bertz CT molecular complexity index is 697. The van der Waals surface area contributed by atoms with Gasteiger partial charge in [0.1, 0.15) is 11.8 Å². The van der Waals surface area contributed by atoms with Gasteiger partial charge in [0.25, 0.3) is 5.66 Å². The van der Waals surface area contributed by atoms with E-state index in [0.29, 0.717) is 17.0 Å².